The molecule has 2 amide bonds. The van der Waals surface area contributed by atoms with Crippen LogP contribution in [0.5, 0.6) is 5.75 Å². The number of hydrogen-bond acceptors (Lipinski definition) is 6. The summed E-state index contributed by atoms with van der Waals surface area (Å²) in [6, 6.07) is 5.71. The Balaban J connectivity index is 1.26. The van der Waals surface area contributed by atoms with Crippen LogP contribution in [-0.2, 0) is 9.59 Å². The number of aryl methyl sites for hydroxylation is 1. The van der Waals surface area contributed by atoms with Crippen LogP contribution < -0.4 is 9.64 Å². The highest BCUT2D eigenvalue weighted by Gasteiger charge is 2.37. The summed E-state index contributed by atoms with van der Waals surface area (Å²) < 4.78 is 5.63. The summed E-state index contributed by atoms with van der Waals surface area (Å²) in [7, 11) is 0. The van der Waals surface area contributed by atoms with Gasteiger partial charge in [-0.15, -0.1) is 0 Å². The quantitative estimate of drug-likeness (QED) is 0.652. The Morgan fingerprint density at radius 2 is 1.91 bits per heavy atom. The number of nitrogens with zero attached hydrogens (tertiary/aromatic N) is 5. The number of anilines is 1. The fraction of sp³-hybridized carbons (Fsp3) is 0.615. The van der Waals surface area contributed by atoms with Crippen molar-refractivity contribution in [2.75, 3.05) is 44.2 Å². The first-order valence-corrected chi connectivity index (χ1v) is 12.8. The van der Waals surface area contributed by atoms with Crippen molar-refractivity contribution in [3.05, 3.63) is 23.9 Å². The molecule has 0 spiro atoms. The maximum absolute atomic E-state index is 13.5. The number of ether oxygens (including phenoxy) is 1. The number of fused-ring (bicyclic) bond motifs is 1. The predicted octanol–water partition coefficient (Wildman–Crippen LogP) is 3.17. The summed E-state index contributed by atoms with van der Waals surface area (Å²) in [4.78, 5) is 41.2. The summed E-state index contributed by atoms with van der Waals surface area (Å²) in [5.74, 6) is 2.45. The number of likely N-dealkylation sites (tertiary alicyclic amines) is 2. The van der Waals surface area contributed by atoms with E-state index in [0.717, 1.165) is 87.2 Å². The molecule has 0 N–H and O–H groups in total. The van der Waals surface area contributed by atoms with E-state index < -0.39 is 0 Å². The molecule has 1 aromatic carbocycles. The van der Waals surface area contributed by atoms with Gasteiger partial charge in [-0.2, -0.15) is 0 Å². The van der Waals surface area contributed by atoms with Crippen LogP contribution in [0.25, 0.3) is 10.9 Å². The molecule has 0 unspecified atom stereocenters. The topological polar surface area (TPSA) is 78.9 Å². The molecule has 3 saturated heterocycles. The molecule has 3 fully saturated rings. The first-order valence-electron chi connectivity index (χ1n) is 12.8. The standard InChI is InChI=1S/C26H35N5O3/c1-3-34-20-8-9-22-21(16-20)18(2)27-26(28-22)31-13-4-6-23(31)25(33)29-14-10-19(11-15-29)17-30-12-5-7-24(30)32/h8-9,16,19,23H,3-7,10-15,17H2,1-2H3/t23-/m1/s1. The second-order valence-corrected chi connectivity index (χ2v) is 9.78. The van der Waals surface area contributed by atoms with Gasteiger partial charge in [0.1, 0.15) is 11.8 Å². The van der Waals surface area contributed by atoms with Crippen LogP contribution in [0, 0.1) is 12.8 Å². The Bertz CT molecular complexity index is 1070. The molecule has 8 nitrogen and oxygen atoms in total. The summed E-state index contributed by atoms with van der Waals surface area (Å²) in [6.07, 6.45) is 5.42. The molecular weight excluding hydrogens is 430 g/mol. The lowest BCUT2D eigenvalue weighted by molar-refractivity contribution is -0.134. The Hall–Kier alpha value is -2.90. The van der Waals surface area contributed by atoms with Crippen LogP contribution >= 0.6 is 0 Å². The van der Waals surface area contributed by atoms with Crippen molar-refractivity contribution in [1.29, 1.82) is 0 Å². The van der Waals surface area contributed by atoms with Crippen LogP contribution in [0.15, 0.2) is 18.2 Å². The number of benzene rings is 1. The summed E-state index contributed by atoms with van der Waals surface area (Å²) in [5, 5.41) is 0.982. The summed E-state index contributed by atoms with van der Waals surface area (Å²) >= 11 is 0. The van der Waals surface area contributed by atoms with E-state index in [0.29, 0.717) is 30.8 Å². The predicted molar refractivity (Wildman–Crippen MR) is 131 cm³/mol. The minimum atomic E-state index is -0.198. The third-order valence-corrected chi connectivity index (χ3v) is 7.53. The fourth-order valence-corrected chi connectivity index (χ4v) is 5.65. The highest BCUT2D eigenvalue weighted by Crippen LogP contribution is 2.30. The molecule has 1 aromatic heterocycles. The van der Waals surface area contributed by atoms with Crippen molar-refractivity contribution < 1.29 is 14.3 Å². The maximum atomic E-state index is 13.5. The van der Waals surface area contributed by atoms with Crippen LogP contribution in [-0.4, -0.2) is 77.0 Å². The van der Waals surface area contributed by atoms with Crippen molar-refractivity contribution in [2.45, 2.75) is 58.4 Å². The number of piperidine rings is 1. The van der Waals surface area contributed by atoms with E-state index in [1.54, 1.807) is 0 Å². The van der Waals surface area contributed by atoms with Crippen LogP contribution in [0.1, 0.15) is 51.1 Å². The van der Waals surface area contributed by atoms with Gasteiger partial charge >= 0.3 is 0 Å². The van der Waals surface area contributed by atoms with Gasteiger partial charge in [-0.1, -0.05) is 0 Å². The molecule has 0 aliphatic carbocycles. The minimum Gasteiger partial charge on any atom is -0.494 e. The van der Waals surface area contributed by atoms with Crippen molar-refractivity contribution in [3.63, 3.8) is 0 Å². The van der Waals surface area contributed by atoms with E-state index in [-0.39, 0.29) is 11.9 Å². The second kappa shape index (κ2) is 9.76. The van der Waals surface area contributed by atoms with Gasteiger partial charge in [0.2, 0.25) is 17.8 Å². The number of carbonyl (C=O) groups excluding carboxylic acids is 2. The number of hydrogen-bond donors (Lipinski definition) is 0. The van der Waals surface area contributed by atoms with E-state index in [1.165, 1.54) is 0 Å². The SMILES string of the molecule is CCOc1ccc2nc(N3CCC[C@@H]3C(=O)N3CCC(CN4CCCC4=O)CC3)nc(C)c2c1. The summed E-state index contributed by atoms with van der Waals surface area (Å²) in [5.41, 5.74) is 1.78. The van der Waals surface area contributed by atoms with Gasteiger partial charge in [0, 0.05) is 44.5 Å². The monoisotopic (exact) mass is 465 g/mol. The van der Waals surface area contributed by atoms with E-state index in [4.69, 9.17) is 14.7 Å². The number of carbonyl (C=O) groups is 2. The zero-order valence-electron chi connectivity index (χ0n) is 20.3. The number of rotatable bonds is 6. The zero-order chi connectivity index (χ0) is 23.7. The molecule has 0 radical (unpaired) electrons. The molecule has 5 rings (SSSR count). The molecule has 182 valence electrons. The lowest BCUT2D eigenvalue weighted by atomic mass is 9.95. The lowest BCUT2D eigenvalue weighted by Gasteiger charge is -2.36. The Labute approximate surface area is 201 Å². The van der Waals surface area contributed by atoms with Crippen LogP contribution in [0.3, 0.4) is 0 Å². The highest BCUT2D eigenvalue weighted by atomic mass is 16.5. The van der Waals surface area contributed by atoms with Crippen LogP contribution in [0.2, 0.25) is 0 Å². The van der Waals surface area contributed by atoms with Gasteiger partial charge in [-0.25, -0.2) is 9.97 Å². The maximum Gasteiger partial charge on any atom is 0.245 e. The molecule has 34 heavy (non-hydrogen) atoms. The highest BCUT2D eigenvalue weighted by molar-refractivity contribution is 5.87. The lowest BCUT2D eigenvalue weighted by Crippen LogP contribution is -2.49. The summed E-state index contributed by atoms with van der Waals surface area (Å²) in [6.45, 7) is 8.67. The Morgan fingerprint density at radius 3 is 2.65 bits per heavy atom. The van der Waals surface area contributed by atoms with E-state index in [9.17, 15) is 9.59 Å². The number of aromatic nitrogens is 2. The third-order valence-electron chi connectivity index (χ3n) is 7.53. The molecule has 8 heteroatoms. The first kappa shape index (κ1) is 22.9. The molecule has 3 aliphatic heterocycles. The zero-order valence-corrected chi connectivity index (χ0v) is 20.3. The van der Waals surface area contributed by atoms with Crippen LogP contribution in [0.4, 0.5) is 5.95 Å². The van der Waals surface area contributed by atoms with E-state index >= 15 is 0 Å². The van der Waals surface area contributed by atoms with Crippen molar-refractivity contribution in [3.8, 4) is 5.75 Å². The van der Waals surface area contributed by atoms with Crippen molar-refractivity contribution in [1.82, 2.24) is 19.8 Å². The van der Waals surface area contributed by atoms with Crippen molar-refractivity contribution in [2.24, 2.45) is 5.92 Å². The fourth-order valence-electron chi connectivity index (χ4n) is 5.65. The second-order valence-electron chi connectivity index (χ2n) is 9.78. The van der Waals surface area contributed by atoms with Crippen molar-refractivity contribution >= 4 is 28.7 Å². The molecule has 1 atom stereocenters. The molecule has 0 bridgehead atoms. The van der Waals surface area contributed by atoms with Gasteiger partial charge in [0.15, 0.2) is 0 Å². The van der Waals surface area contributed by atoms with Gasteiger partial charge in [0.05, 0.1) is 17.8 Å². The smallest absolute Gasteiger partial charge is 0.245 e. The van der Waals surface area contributed by atoms with Gasteiger partial charge < -0.3 is 19.4 Å². The van der Waals surface area contributed by atoms with Gasteiger partial charge in [0.25, 0.3) is 0 Å². The average molecular weight is 466 g/mol. The largest absolute Gasteiger partial charge is 0.494 e. The Kier molecular flexibility index (Phi) is 6.57. The molecule has 0 saturated carbocycles. The molecule has 4 heterocycles. The number of amides is 2. The van der Waals surface area contributed by atoms with Gasteiger partial charge in [-0.05, 0) is 70.1 Å². The average Bonchev–Trinajstić information content (AvgIpc) is 3.49. The first-order chi connectivity index (χ1) is 16.5. The molecule has 2 aromatic rings. The molecular formula is C26H35N5O3. The normalized spacial score (nSPS) is 21.6. The van der Waals surface area contributed by atoms with E-state index in [2.05, 4.69) is 4.90 Å². The Morgan fingerprint density at radius 1 is 1.09 bits per heavy atom. The third kappa shape index (κ3) is 4.55. The molecule has 3 aliphatic rings. The van der Waals surface area contributed by atoms with Gasteiger partial charge in [-0.3, -0.25) is 9.59 Å². The van der Waals surface area contributed by atoms with E-state index in [1.807, 2.05) is 41.8 Å². The minimum absolute atomic E-state index is 0.196.